The molecule has 1 fully saturated rings. The molecule has 4 nitrogen and oxygen atoms in total. The molecule has 0 aliphatic carbocycles. The van der Waals surface area contributed by atoms with Crippen molar-refractivity contribution >= 4 is 25.0 Å². The fourth-order valence-corrected chi connectivity index (χ4v) is 8.86. The molecule has 0 radical (unpaired) electrons. The minimum Gasteiger partial charge on any atom is -0.404 e. The van der Waals surface area contributed by atoms with Crippen molar-refractivity contribution in [3.63, 3.8) is 0 Å². The van der Waals surface area contributed by atoms with E-state index in [1.807, 2.05) is 12.1 Å². The van der Waals surface area contributed by atoms with E-state index >= 15 is 0 Å². The summed E-state index contributed by atoms with van der Waals surface area (Å²) in [5.41, 5.74) is 0. The second-order valence-corrected chi connectivity index (χ2v) is 12.6. The number of rotatable bonds is 6. The highest BCUT2D eigenvalue weighted by atomic mass is 28.4. The normalized spacial score (nSPS) is 23.4. The number of hydrogen-bond donors (Lipinski definition) is 0. The Morgan fingerprint density at radius 3 is 1.93 bits per heavy atom. The van der Waals surface area contributed by atoms with E-state index in [0.717, 1.165) is 6.29 Å². The lowest BCUT2D eigenvalue weighted by Crippen LogP contribution is -2.68. The van der Waals surface area contributed by atoms with E-state index in [9.17, 15) is 4.79 Å². The molecular formula is C23H30O4Si. The average Bonchev–Trinajstić information content (AvgIpc) is 2.72. The van der Waals surface area contributed by atoms with Crippen molar-refractivity contribution in [2.24, 2.45) is 0 Å². The van der Waals surface area contributed by atoms with Crippen LogP contribution in [0.2, 0.25) is 5.04 Å². The molecule has 1 aliphatic rings. The third-order valence-electron chi connectivity index (χ3n) is 5.45. The number of carbonyl (C=O) groups excluding carboxylic acids is 1. The SMILES string of the molecule is CO[C@@H]1C[C@@H](O[Si](c2ccccc2)(c2ccccc2)C(C)(C)C)C[C@@H](C=O)O1. The molecule has 0 spiro atoms. The maximum atomic E-state index is 11.4. The van der Waals surface area contributed by atoms with Crippen molar-refractivity contribution in [2.75, 3.05) is 7.11 Å². The van der Waals surface area contributed by atoms with Gasteiger partial charge in [0.05, 0.1) is 6.10 Å². The summed E-state index contributed by atoms with van der Waals surface area (Å²) in [5.74, 6) is 0. The lowest BCUT2D eigenvalue weighted by Gasteiger charge is -2.46. The molecule has 1 aliphatic heterocycles. The summed E-state index contributed by atoms with van der Waals surface area (Å²) in [4.78, 5) is 11.4. The van der Waals surface area contributed by atoms with Gasteiger partial charge in [-0.2, -0.15) is 0 Å². The zero-order chi connectivity index (χ0) is 20.2. The van der Waals surface area contributed by atoms with Gasteiger partial charge in [-0.1, -0.05) is 81.4 Å². The maximum absolute atomic E-state index is 11.4. The molecule has 1 saturated heterocycles. The van der Waals surface area contributed by atoms with Crippen LogP contribution in [-0.4, -0.2) is 40.2 Å². The molecule has 0 bridgehead atoms. The molecule has 28 heavy (non-hydrogen) atoms. The fourth-order valence-electron chi connectivity index (χ4n) is 4.15. The van der Waals surface area contributed by atoms with E-state index in [1.54, 1.807) is 7.11 Å². The Morgan fingerprint density at radius 1 is 0.964 bits per heavy atom. The highest BCUT2D eigenvalue weighted by Gasteiger charge is 2.52. The van der Waals surface area contributed by atoms with Crippen LogP contribution in [0.15, 0.2) is 60.7 Å². The molecule has 0 N–H and O–H groups in total. The molecule has 0 saturated carbocycles. The Bertz CT molecular complexity index is 718. The lowest BCUT2D eigenvalue weighted by atomic mass is 10.1. The smallest absolute Gasteiger partial charge is 0.261 e. The van der Waals surface area contributed by atoms with Gasteiger partial charge in [0.25, 0.3) is 8.32 Å². The zero-order valence-corrected chi connectivity index (χ0v) is 18.1. The number of aldehydes is 1. The van der Waals surface area contributed by atoms with Gasteiger partial charge in [0.1, 0.15) is 12.4 Å². The van der Waals surface area contributed by atoms with E-state index in [-0.39, 0.29) is 11.1 Å². The Hall–Kier alpha value is -1.79. The number of methoxy groups -OCH3 is 1. The molecule has 2 aromatic rings. The number of carbonyl (C=O) groups is 1. The summed E-state index contributed by atoms with van der Waals surface area (Å²) in [6, 6.07) is 21.1. The second kappa shape index (κ2) is 8.70. The van der Waals surface area contributed by atoms with Crippen LogP contribution >= 0.6 is 0 Å². The topological polar surface area (TPSA) is 44.8 Å². The van der Waals surface area contributed by atoms with Gasteiger partial charge in [-0.25, -0.2) is 0 Å². The molecule has 5 heteroatoms. The minimum absolute atomic E-state index is 0.104. The van der Waals surface area contributed by atoms with Gasteiger partial charge in [-0.15, -0.1) is 0 Å². The van der Waals surface area contributed by atoms with Crippen LogP contribution in [-0.2, 0) is 18.7 Å². The standard InChI is InChI=1S/C23H30O4Si/c1-23(2,3)28(20-11-7-5-8-12-20,21-13-9-6-10-14-21)27-18-15-19(17-24)26-22(16-18)25-4/h5-14,17-19,22H,15-16H2,1-4H3/t18-,19-,22-/m0/s1. The van der Waals surface area contributed by atoms with Gasteiger partial charge >= 0.3 is 0 Å². The summed E-state index contributed by atoms with van der Waals surface area (Å²) in [5, 5.41) is 2.36. The summed E-state index contributed by atoms with van der Waals surface area (Å²) >= 11 is 0. The molecule has 150 valence electrons. The predicted octanol–water partition coefficient (Wildman–Crippen LogP) is 3.28. The van der Waals surface area contributed by atoms with Crippen molar-refractivity contribution in [1.29, 1.82) is 0 Å². The Kier molecular flexibility index (Phi) is 6.50. The van der Waals surface area contributed by atoms with Crippen molar-refractivity contribution in [2.45, 2.75) is 57.1 Å². The molecular weight excluding hydrogens is 368 g/mol. The molecule has 0 amide bonds. The summed E-state index contributed by atoms with van der Waals surface area (Å²) in [7, 11) is -1.04. The van der Waals surface area contributed by atoms with Crippen LogP contribution in [0, 0.1) is 0 Å². The average molecular weight is 399 g/mol. The van der Waals surface area contributed by atoms with Crippen LogP contribution in [0.1, 0.15) is 33.6 Å². The van der Waals surface area contributed by atoms with E-state index < -0.39 is 20.7 Å². The van der Waals surface area contributed by atoms with Gasteiger partial charge in [0.2, 0.25) is 0 Å². The minimum atomic E-state index is -2.65. The summed E-state index contributed by atoms with van der Waals surface area (Å²) in [6.07, 6.45) is 0.987. The van der Waals surface area contributed by atoms with Crippen LogP contribution < -0.4 is 10.4 Å². The van der Waals surface area contributed by atoms with Crippen molar-refractivity contribution < 1.29 is 18.7 Å². The molecule has 0 aromatic heterocycles. The van der Waals surface area contributed by atoms with Gasteiger partial charge in [-0.05, 0) is 15.4 Å². The lowest BCUT2D eigenvalue weighted by molar-refractivity contribution is -0.197. The Balaban J connectivity index is 2.09. The number of hydrogen-bond acceptors (Lipinski definition) is 4. The van der Waals surface area contributed by atoms with Crippen molar-refractivity contribution in [1.82, 2.24) is 0 Å². The molecule has 0 unspecified atom stereocenters. The highest BCUT2D eigenvalue weighted by Crippen LogP contribution is 2.39. The molecule has 3 atom stereocenters. The molecule has 3 rings (SSSR count). The van der Waals surface area contributed by atoms with Gasteiger partial charge in [0.15, 0.2) is 6.29 Å². The third kappa shape index (κ3) is 4.13. The second-order valence-electron chi connectivity index (χ2n) is 8.35. The Morgan fingerprint density at radius 2 is 1.50 bits per heavy atom. The van der Waals surface area contributed by atoms with Crippen LogP contribution in [0.25, 0.3) is 0 Å². The van der Waals surface area contributed by atoms with Gasteiger partial charge in [-0.3, -0.25) is 0 Å². The molecule has 2 aromatic carbocycles. The number of ether oxygens (including phenoxy) is 2. The van der Waals surface area contributed by atoms with E-state index in [0.29, 0.717) is 12.8 Å². The molecule has 1 heterocycles. The highest BCUT2D eigenvalue weighted by molar-refractivity contribution is 6.99. The first-order chi connectivity index (χ1) is 13.4. The first kappa shape index (κ1) is 20.9. The first-order valence-corrected chi connectivity index (χ1v) is 11.7. The quantitative estimate of drug-likeness (QED) is 0.553. The van der Waals surface area contributed by atoms with Crippen molar-refractivity contribution in [3.05, 3.63) is 60.7 Å². The van der Waals surface area contributed by atoms with E-state index in [4.69, 9.17) is 13.9 Å². The van der Waals surface area contributed by atoms with Crippen LogP contribution in [0.4, 0.5) is 0 Å². The van der Waals surface area contributed by atoms with Crippen LogP contribution in [0.3, 0.4) is 0 Å². The summed E-state index contributed by atoms with van der Waals surface area (Å²) < 4.78 is 18.2. The monoisotopic (exact) mass is 398 g/mol. The third-order valence-corrected chi connectivity index (χ3v) is 10.5. The predicted molar refractivity (Wildman–Crippen MR) is 113 cm³/mol. The van der Waals surface area contributed by atoms with Gasteiger partial charge in [0, 0.05) is 20.0 Å². The van der Waals surface area contributed by atoms with E-state index in [2.05, 4.69) is 69.3 Å². The fraction of sp³-hybridized carbons (Fsp3) is 0.435. The maximum Gasteiger partial charge on any atom is 0.261 e. The summed E-state index contributed by atoms with van der Waals surface area (Å²) in [6.45, 7) is 6.76. The van der Waals surface area contributed by atoms with Gasteiger partial charge < -0.3 is 18.7 Å². The first-order valence-electron chi connectivity index (χ1n) is 9.83. The number of benzene rings is 2. The van der Waals surface area contributed by atoms with Crippen LogP contribution in [0.5, 0.6) is 0 Å². The zero-order valence-electron chi connectivity index (χ0n) is 17.1. The van der Waals surface area contributed by atoms with E-state index in [1.165, 1.54) is 10.4 Å². The Labute approximate surface area is 169 Å². The van der Waals surface area contributed by atoms with Crippen molar-refractivity contribution in [3.8, 4) is 0 Å². The largest absolute Gasteiger partial charge is 0.404 e.